The summed E-state index contributed by atoms with van der Waals surface area (Å²) in [5.41, 5.74) is -0.333. The van der Waals surface area contributed by atoms with Crippen molar-refractivity contribution >= 4 is 0 Å². The molecule has 0 radical (unpaired) electrons. The molecule has 0 saturated carbocycles. The Labute approximate surface area is 132 Å². The van der Waals surface area contributed by atoms with E-state index in [1.54, 1.807) is 12.1 Å². The van der Waals surface area contributed by atoms with E-state index in [4.69, 9.17) is 0 Å². The molecule has 0 unspecified atom stereocenters. The largest absolute Gasteiger partial charge is 0.388 e. The molecule has 0 bridgehead atoms. The maximum absolute atomic E-state index is 11.2. The van der Waals surface area contributed by atoms with Gasteiger partial charge in [0.15, 0.2) is 0 Å². The minimum atomic E-state index is -1.81. The third-order valence-electron chi connectivity index (χ3n) is 4.18. The first kappa shape index (κ1) is 18.6. The number of aryl methyl sites for hydroxylation is 1. The SMILES string of the molecule is CCCCCCCCc1ccc(C(CO)(CO)[N+](=O)[O-])cc1. The van der Waals surface area contributed by atoms with Crippen molar-refractivity contribution in [3.63, 3.8) is 0 Å². The van der Waals surface area contributed by atoms with Crippen LogP contribution in [0.5, 0.6) is 0 Å². The van der Waals surface area contributed by atoms with Gasteiger partial charge in [-0.15, -0.1) is 0 Å². The van der Waals surface area contributed by atoms with Crippen LogP contribution in [0.15, 0.2) is 24.3 Å². The molecule has 0 heterocycles. The molecule has 0 saturated heterocycles. The molecule has 0 aliphatic rings. The van der Waals surface area contributed by atoms with Gasteiger partial charge in [0, 0.05) is 10.5 Å². The minimum Gasteiger partial charge on any atom is -0.388 e. The molecule has 2 N–H and O–H groups in total. The zero-order valence-electron chi connectivity index (χ0n) is 13.3. The fourth-order valence-electron chi connectivity index (χ4n) is 2.54. The molecule has 124 valence electrons. The topological polar surface area (TPSA) is 83.6 Å². The van der Waals surface area contributed by atoms with Crippen LogP contribution in [0.1, 0.15) is 56.6 Å². The quantitative estimate of drug-likeness (QED) is 0.374. The van der Waals surface area contributed by atoms with E-state index in [2.05, 4.69) is 6.92 Å². The second-order valence-electron chi connectivity index (χ2n) is 5.82. The Morgan fingerprint density at radius 1 is 1.00 bits per heavy atom. The molecular weight excluding hydrogens is 282 g/mol. The average Bonchev–Trinajstić information content (AvgIpc) is 2.53. The van der Waals surface area contributed by atoms with E-state index in [0.717, 1.165) is 18.4 Å². The molecule has 1 aromatic carbocycles. The number of aliphatic hydroxyl groups is 2. The predicted octanol–water partition coefficient (Wildman–Crippen LogP) is 3.05. The van der Waals surface area contributed by atoms with Gasteiger partial charge in [-0.25, -0.2) is 0 Å². The standard InChI is InChI=1S/C17H27NO4/c1-2-3-4-5-6-7-8-15-9-11-16(12-10-15)17(13-19,14-20)18(21)22/h9-12,19-20H,2-8,13-14H2,1H3. The van der Waals surface area contributed by atoms with Gasteiger partial charge in [0.25, 0.3) is 5.54 Å². The van der Waals surface area contributed by atoms with Gasteiger partial charge in [0.2, 0.25) is 0 Å². The van der Waals surface area contributed by atoms with Crippen LogP contribution in [0.25, 0.3) is 0 Å². The molecule has 0 spiro atoms. The van der Waals surface area contributed by atoms with E-state index >= 15 is 0 Å². The zero-order valence-corrected chi connectivity index (χ0v) is 13.3. The van der Waals surface area contributed by atoms with Crippen LogP contribution in [-0.2, 0) is 12.0 Å². The summed E-state index contributed by atoms with van der Waals surface area (Å²) >= 11 is 0. The van der Waals surface area contributed by atoms with Crippen LogP contribution in [0.3, 0.4) is 0 Å². The number of rotatable bonds is 11. The normalized spacial score (nSPS) is 11.6. The molecule has 5 heteroatoms. The van der Waals surface area contributed by atoms with E-state index in [9.17, 15) is 20.3 Å². The maximum Gasteiger partial charge on any atom is 0.292 e. The lowest BCUT2D eigenvalue weighted by atomic mass is 9.91. The molecule has 0 atom stereocenters. The molecule has 0 aromatic heterocycles. The predicted molar refractivity (Wildman–Crippen MR) is 86.4 cm³/mol. The Hall–Kier alpha value is -1.46. The van der Waals surface area contributed by atoms with Crippen LogP contribution >= 0.6 is 0 Å². The fraction of sp³-hybridized carbons (Fsp3) is 0.647. The molecule has 1 rings (SSSR count). The first-order chi connectivity index (χ1) is 10.6. The minimum absolute atomic E-state index is 0.342. The fourth-order valence-corrected chi connectivity index (χ4v) is 2.54. The first-order valence-electron chi connectivity index (χ1n) is 8.06. The highest BCUT2D eigenvalue weighted by molar-refractivity contribution is 5.27. The van der Waals surface area contributed by atoms with Gasteiger partial charge in [-0.05, 0) is 18.4 Å². The third kappa shape index (κ3) is 4.78. The lowest BCUT2D eigenvalue weighted by Crippen LogP contribution is -2.42. The zero-order chi connectivity index (χ0) is 16.4. The summed E-state index contributed by atoms with van der Waals surface area (Å²) in [6.07, 6.45) is 8.35. The van der Waals surface area contributed by atoms with Gasteiger partial charge < -0.3 is 10.2 Å². The summed E-state index contributed by atoms with van der Waals surface area (Å²) < 4.78 is 0. The van der Waals surface area contributed by atoms with Crippen LogP contribution < -0.4 is 0 Å². The van der Waals surface area contributed by atoms with Crippen LogP contribution in [-0.4, -0.2) is 28.4 Å². The second kappa shape index (κ2) is 9.54. The summed E-state index contributed by atoms with van der Waals surface area (Å²) in [4.78, 5) is 10.5. The van der Waals surface area contributed by atoms with E-state index in [1.165, 1.54) is 32.1 Å². The summed E-state index contributed by atoms with van der Waals surface area (Å²) in [6.45, 7) is 0.770. The summed E-state index contributed by atoms with van der Waals surface area (Å²) in [5.74, 6) is 0. The lowest BCUT2D eigenvalue weighted by molar-refractivity contribution is -0.586. The number of benzene rings is 1. The van der Waals surface area contributed by atoms with Gasteiger partial charge >= 0.3 is 0 Å². The van der Waals surface area contributed by atoms with E-state index < -0.39 is 23.7 Å². The van der Waals surface area contributed by atoms with E-state index in [1.807, 2.05) is 12.1 Å². The number of nitrogens with zero attached hydrogens (tertiary/aromatic N) is 1. The lowest BCUT2D eigenvalue weighted by Gasteiger charge is -2.21. The molecule has 5 nitrogen and oxygen atoms in total. The molecule has 1 aromatic rings. The van der Waals surface area contributed by atoms with Gasteiger partial charge in [0.1, 0.15) is 13.2 Å². The Morgan fingerprint density at radius 3 is 2.05 bits per heavy atom. The third-order valence-corrected chi connectivity index (χ3v) is 4.18. The second-order valence-corrected chi connectivity index (χ2v) is 5.82. The van der Waals surface area contributed by atoms with Crippen molar-refractivity contribution in [2.45, 2.75) is 57.4 Å². The van der Waals surface area contributed by atoms with Crippen molar-refractivity contribution in [2.24, 2.45) is 0 Å². The molecule has 0 amide bonds. The highest BCUT2D eigenvalue weighted by Crippen LogP contribution is 2.25. The van der Waals surface area contributed by atoms with Crippen LogP contribution in [0, 0.1) is 10.1 Å². The molecule has 0 aliphatic carbocycles. The maximum atomic E-state index is 11.2. The van der Waals surface area contributed by atoms with Crippen molar-refractivity contribution in [1.82, 2.24) is 0 Å². The van der Waals surface area contributed by atoms with Crippen LogP contribution in [0.4, 0.5) is 0 Å². The van der Waals surface area contributed by atoms with E-state index in [0.29, 0.717) is 5.56 Å². The van der Waals surface area contributed by atoms with Crippen molar-refractivity contribution in [1.29, 1.82) is 0 Å². The number of nitro groups is 1. The van der Waals surface area contributed by atoms with Gasteiger partial charge in [-0.3, -0.25) is 10.1 Å². The molecular formula is C17H27NO4. The van der Waals surface area contributed by atoms with Crippen molar-refractivity contribution < 1.29 is 15.1 Å². The van der Waals surface area contributed by atoms with Gasteiger partial charge in [0.05, 0.1) is 0 Å². The molecule has 22 heavy (non-hydrogen) atoms. The smallest absolute Gasteiger partial charge is 0.292 e. The summed E-state index contributed by atoms with van der Waals surface area (Å²) in [7, 11) is 0. The first-order valence-corrected chi connectivity index (χ1v) is 8.06. The monoisotopic (exact) mass is 309 g/mol. The van der Waals surface area contributed by atoms with E-state index in [-0.39, 0.29) is 0 Å². The summed E-state index contributed by atoms with van der Waals surface area (Å²) in [5, 5.41) is 29.8. The molecule has 0 fully saturated rings. The summed E-state index contributed by atoms with van der Waals surface area (Å²) in [6, 6.07) is 6.99. The Kier molecular flexibility index (Phi) is 8.06. The van der Waals surface area contributed by atoms with Gasteiger partial charge in [-0.1, -0.05) is 63.3 Å². The molecule has 0 aliphatic heterocycles. The number of unbranched alkanes of at least 4 members (excludes halogenated alkanes) is 5. The Bertz CT molecular complexity index is 440. The Morgan fingerprint density at radius 2 is 1.55 bits per heavy atom. The van der Waals surface area contributed by atoms with Crippen molar-refractivity contribution in [3.8, 4) is 0 Å². The highest BCUT2D eigenvalue weighted by Gasteiger charge is 2.43. The number of hydrogen-bond acceptors (Lipinski definition) is 4. The average molecular weight is 309 g/mol. The van der Waals surface area contributed by atoms with Gasteiger partial charge in [-0.2, -0.15) is 0 Å². The van der Waals surface area contributed by atoms with Crippen molar-refractivity contribution in [3.05, 3.63) is 45.5 Å². The number of hydrogen-bond donors (Lipinski definition) is 2. The Balaban J connectivity index is 2.57. The van der Waals surface area contributed by atoms with Crippen LogP contribution in [0.2, 0.25) is 0 Å². The number of aliphatic hydroxyl groups excluding tert-OH is 2. The van der Waals surface area contributed by atoms with Crippen molar-refractivity contribution in [2.75, 3.05) is 13.2 Å². The highest BCUT2D eigenvalue weighted by atomic mass is 16.6.